The number of nitrogens with zero attached hydrogens (tertiary/aromatic N) is 2. The molecule has 1 heterocycles. The molecule has 9 nitrogen and oxygen atoms in total. The molecule has 0 radical (unpaired) electrons. The summed E-state index contributed by atoms with van der Waals surface area (Å²) in [7, 11) is 0. The zero-order chi connectivity index (χ0) is 28.2. The number of hydrogen-bond donors (Lipinski definition) is 3. The lowest BCUT2D eigenvalue weighted by molar-refractivity contribution is -0.134. The number of carbonyl (C=O) groups is 2. The van der Waals surface area contributed by atoms with Gasteiger partial charge in [-0.2, -0.15) is 0 Å². The molecule has 0 bridgehead atoms. The van der Waals surface area contributed by atoms with E-state index in [9.17, 15) is 24.2 Å². The van der Waals surface area contributed by atoms with Gasteiger partial charge >= 0.3 is 0 Å². The van der Waals surface area contributed by atoms with E-state index in [2.05, 4.69) is 0 Å². The number of halogens is 1. The molecule has 2 rings (SSSR count). The van der Waals surface area contributed by atoms with Crippen LogP contribution in [0.3, 0.4) is 0 Å². The monoisotopic (exact) mass is 539 g/mol. The third kappa shape index (κ3) is 9.89. The molecule has 216 valence electrons. The Labute approximate surface area is 226 Å². The average molecular weight is 540 g/mol. The summed E-state index contributed by atoms with van der Waals surface area (Å²) in [5.41, 5.74) is 6.04. The number of aliphatic hydroxyl groups is 2. The van der Waals surface area contributed by atoms with Crippen molar-refractivity contribution in [1.29, 1.82) is 0 Å². The fraction of sp³-hybridized carbons (Fsp3) is 0.714. The zero-order valence-corrected chi connectivity index (χ0v) is 23.2. The Morgan fingerprint density at radius 1 is 1.11 bits per heavy atom. The van der Waals surface area contributed by atoms with Gasteiger partial charge in [0.25, 0.3) is 5.91 Å². The third-order valence-corrected chi connectivity index (χ3v) is 6.80. The van der Waals surface area contributed by atoms with Gasteiger partial charge in [0, 0.05) is 39.4 Å². The lowest BCUT2D eigenvalue weighted by Gasteiger charge is -2.35. The highest BCUT2D eigenvalue weighted by Gasteiger charge is 2.33. The van der Waals surface area contributed by atoms with E-state index in [0.717, 1.165) is 0 Å². The molecule has 1 aromatic carbocycles. The van der Waals surface area contributed by atoms with Crippen molar-refractivity contribution in [1.82, 2.24) is 9.80 Å². The number of benzene rings is 1. The topological polar surface area (TPSA) is 126 Å². The molecule has 0 aromatic heterocycles. The first kappa shape index (κ1) is 32.1. The molecule has 4 atom stereocenters. The van der Waals surface area contributed by atoms with Gasteiger partial charge in [-0.3, -0.25) is 9.59 Å². The van der Waals surface area contributed by atoms with Crippen LogP contribution in [-0.4, -0.2) is 102 Å². The Balaban J connectivity index is 2.38. The van der Waals surface area contributed by atoms with Crippen LogP contribution < -0.4 is 5.73 Å². The van der Waals surface area contributed by atoms with E-state index in [0.29, 0.717) is 44.9 Å². The molecule has 4 N–H and O–H groups in total. The fourth-order valence-corrected chi connectivity index (χ4v) is 4.14. The first-order valence-corrected chi connectivity index (χ1v) is 13.7. The van der Waals surface area contributed by atoms with Crippen molar-refractivity contribution in [2.45, 2.75) is 71.3 Å². The van der Waals surface area contributed by atoms with Gasteiger partial charge in [-0.05, 0) is 43.2 Å². The van der Waals surface area contributed by atoms with Gasteiger partial charge in [0.2, 0.25) is 5.91 Å². The second kappa shape index (κ2) is 16.1. The smallest absolute Gasteiger partial charge is 0.256 e. The quantitative estimate of drug-likeness (QED) is 0.484. The molecule has 0 spiro atoms. The number of aliphatic hydroxyl groups excluding tert-OH is 2. The number of rotatable bonds is 7. The highest BCUT2D eigenvalue weighted by atomic mass is 19.1. The van der Waals surface area contributed by atoms with Crippen LogP contribution >= 0.6 is 0 Å². The fourth-order valence-electron chi connectivity index (χ4n) is 4.14. The average Bonchev–Trinajstić information content (AvgIpc) is 2.88. The highest BCUT2D eigenvalue weighted by Crippen LogP contribution is 2.16. The molecule has 0 saturated carbocycles. The largest absolute Gasteiger partial charge is 0.388 e. The second-order valence-corrected chi connectivity index (χ2v) is 10.8. The number of ether oxygens (including phenoxy) is 2. The van der Waals surface area contributed by atoms with Crippen molar-refractivity contribution < 1.29 is 33.7 Å². The van der Waals surface area contributed by atoms with Gasteiger partial charge in [-0.15, -0.1) is 0 Å². The minimum Gasteiger partial charge on any atom is -0.388 e. The Morgan fingerprint density at radius 3 is 2.45 bits per heavy atom. The summed E-state index contributed by atoms with van der Waals surface area (Å²) in [4.78, 5) is 29.7. The summed E-state index contributed by atoms with van der Waals surface area (Å²) in [5.74, 6) is -1.19. The molecular weight excluding hydrogens is 493 g/mol. The van der Waals surface area contributed by atoms with Crippen molar-refractivity contribution in [2.75, 3.05) is 46.0 Å². The molecular formula is C28H46FN3O6. The maximum absolute atomic E-state index is 14.6. The summed E-state index contributed by atoms with van der Waals surface area (Å²) >= 11 is 0. The van der Waals surface area contributed by atoms with E-state index in [1.807, 2.05) is 27.7 Å². The van der Waals surface area contributed by atoms with E-state index < -0.39 is 36.1 Å². The summed E-state index contributed by atoms with van der Waals surface area (Å²) in [6.45, 7) is 8.96. The summed E-state index contributed by atoms with van der Waals surface area (Å²) in [5, 5.41) is 21.6. The minimum atomic E-state index is -1.34. The summed E-state index contributed by atoms with van der Waals surface area (Å²) in [6, 6.07) is 4.99. The number of carbonyl (C=O) groups excluding carboxylic acids is 2. The maximum Gasteiger partial charge on any atom is 0.256 e. The summed E-state index contributed by atoms with van der Waals surface area (Å²) in [6.07, 6.45) is -1.53. The van der Waals surface area contributed by atoms with E-state index in [4.69, 9.17) is 15.2 Å². The van der Waals surface area contributed by atoms with Crippen molar-refractivity contribution in [3.63, 3.8) is 0 Å². The molecule has 1 aliphatic rings. The molecule has 0 unspecified atom stereocenters. The predicted octanol–water partition coefficient (Wildman–Crippen LogP) is 2.04. The van der Waals surface area contributed by atoms with Crippen molar-refractivity contribution in [3.8, 4) is 0 Å². The van der Waals surface area contributed by atoms with Gasteiger partial charge in [0.15, 0.2) is 0 Å². The van der Waals surface area contributed by atoms with Crippen LogP contribution in [0.15, 0.2) is 24.3 Å². The molecule has 1 aliphatic heterocycles. The van der Waals surface area contributed by atoms with Crippen LogP contribution in [0.4, 0.5) is 4.39 Å². The number of amides is 2. The molecule has 10 heteroatoms. The van der Waals surface area contributed by atoms with Gasteiger partial charge in [0.1, 0.15) is 24.1 Å². The minimum absolute atomic E-state index is 0.0644. The Kier molecular flexibility index (Phi) is 13.6. The van der Waals surface area contributed by atoms with Crippen LogP contribution in [0.25, 0.3) is 0 Å². The molecule has 0 aliphatic carbocycles. The van der Waals surface area contributed by atoms with E-state index >= 15 is 0 Å². The normalized spacial score (nSPS) is 23.4. The van der Waals surface area contributed by atoms with Crippen LogP contribution in [0.1, 0.15) is 57.3 Å². The van der Waals surface area contributed by atoms with E-state index in [1.54, 1.807) is 11.0 Å². The van der Waals surface area contributed by atoms with Crippen LogP contribution in [0, 0.1) is 17.7 Å². The standard InChI is InChI=1S/C28H46FN3O6/c1-19(2)11-16-38-24-17-32(27(35)21-9-5-6-10-22(21)29)14-13-31(28(36)25(30)20(3)4)12-7-8-15-37-18-23(33)26(24)34/h5-6,9-10,19-20,23-26,33-34H,7-8,11-18,30H2,1-4H3/t23-,24-,25-,26-/m1/s1. The van der Waals surface area contributed by atoms with Crippen LogP contribution in [0.5, 0.6) is 0 Å². The Bertz CT molecular complexity index is 871. The highest BCUT2D eigenvalue weighted by molar-refractivity contribution is 5.94. The third-order valence-electron chi connectivity index (χ3n) is 6.80. The van der Waals surface area contributed by atoms with E-state index in [1.165, 1.54) is 23.1 Å². The predicted molar refractivity (Wildman–Crippen MR) is 143 cm³/mol. The van der Waals surface area contributed by atoms with Crippen molar-refractivity contribution in [3.05, 3.63) is 35.6 Å². The molecule has 2 amide bonds. The first-order chi connectivity index (χ1) is 18.0. The Morgan fingerprint density at radius 2 is 1.79 bits per heavy atom. The molecule has 1 aromatic rings. The van der Waals surface area contributed by atoms with Gasteiger partial charge in [0.05, 0.1) is 18.2 Å². The Hall–Kier alpha value is -2.11. The second-order valence-electron chi connectivity index (χ2n) is 10.8. The van der Waals surface area contributed by atoms with Crippen LogP contribution in [-0.2, 0) is 14.3 Å². The maximum atomic E-state index is 14.6. The number of nitrogens with two attached hydrogens (primary N) is 1. The van der Waals surface area contributed by atoms with Crippen molar-refractivity contribution in [2.24, 2.45) is 17.6 Å². The number of hydrogen-bond acceptors (Lipinski definition) is 7. The van der Waals surface area contributed by atoms with Gasteiger partial charge in [-0.25, -0.2) is 4.39 Å². The molecule has 1 saturated heterocycles. The first-order valence-electron chi connectivity index (χ1n) is 13.7. The van der Waals surface area contributed by atoms with Crippen molar-refractivity contribution >= 4 is 11.8 Å². The molecule has 38 heavy (non-hydrogen) atoms. The SMILES string of the molecule is CC(C)CCO[C@@H]1CN(C(=O)c2ccccc2F)CCN(C(=O)[C@H](N)C(C)C)CCCCOC[C@@H](O)[C@H]1O. The van der Waals surface area contributed by atoms with Gasteiger partial charge < -0.3 is 35.2 Å². The lowest BCUT2D eigenvalue weighted by Crippen LogP contribution is -2.53. The van der Waals surface area contributed by atoms with Crippen LogP contribution in [0.2, 0.25) is 0 Å². The van der Waals surface area contributed by atoms with E-state index in [-0.39, 0.29) is 43.6 Å². The molecule has 1 fully saturated rings. The summed E-state index contributed by atoms with van der Waals surface area (Å²) < 4.78 is 26.1. The van der Waals surface area contributed by atoms with Gasteiger partial charge in [-0.1, -0.05) is 39.8 Å². The lowest BCUT2D eigenvalue weighted by atomic mass is 10.0. The zero-order valence-electron chi connectivity index (χ0n) is 23.2.